The molecule has 0 radical (unpaired) electrons. The first-order valence-corrected chi connectivity index (χ1v) is 6.64. The fraction of sp³-hybridized carbons (Fsp3) is 0. The van der Waals surface area contributed by atoms with E-state index in [1.54, 1.807) is 0 Å². The number of halogens is 1. The van der Waals surface area contributed by atoms with Crippen LogP contribution in [0.4, 0.5) is 10.2 Å². The van der Waals surface area contributed by atoms with Crippen LogP contribution in [0, 0.1) is 17.1 Å². The highest BCUT2D eigenvalue weighted by molar-refractivity contribution is 7.92. The average Bonchev–Trinajstić information content (AvgIpc) is 2.38. The zero-order valence-electron chi connectivity index (χ0n) is 9.54. The van der Waals surface area contributed by atoms with E-state index >= 15 is 0 Å². The summed E-state index contributed by atoms with van der Waals surface area (Å²) in [5.41, 5.74) is 0.270. The molecule has 0 aliphatic carbocycles. The molecule has 0 unspecified atom stereocenters. The summed E-state index contributed by atoms with van der Waals surface area (Å²) in [5, 5.41) is 8.71. The van der Waals surface area contributed by atoms with Gasteiger partial charge in [0.05, 0.1) is 16.5 Å². The number of pyridine rings is 1. The molecule has 0 fully saturated rings. The molecule has 0 atom stereocenters. The summed E-state index contributed by atoms with van der Waals surface area (Å²) in [4.78, 5) is 3.57. The highest BCUT2D eigenvalue weighted by atomic mass is 32.2. The predicted molar refractivity (Wildman–Crippen MR) is 66.2 cm³/mol. The van der Waals surface area contributed by atoms with E-state index in [1.807, 2.05) is 6.07 Å². The molecule has 0 aliphatic heterocycles. The molecule has 2 aromatic rings. The number of aromatic nitrogens is 1. The maximum atomic E-state index is 13.0. The zero-order chi connectivity index (χ0) is 13.9. The van der Waals surface area contributed by atoms with Crippen molar-refractivity contribution in [2.75, 3.05) is 4.72 Å². The monoisotopic (exact) mass is 277 g/mol. The van der Waals surface area contributed by atoms with E-state index in [4.69, 9.17) is 5.26 Å². The van der Waals surface area contributed by atoms with Crippen molar-refractivity contribution in [2.45, 2.75) is 4.90 Å². The smallest absolute Gasteiger partial charge is 0.263 e. The number of hydrogen-bond acceptors (Lipinski definition) is 4. The van der Waals surface area contributed by atoms with Crippen molar-refractivity contribution in [3.8, 4) is 6.07 Å². The van der Waals surface area contributed by atoms with Crippen molar-refractivity contribution in [2.24, 2.45) is 0 Å². The highest BCUT2D eigenvalue weighted by Gasteiger charge is 2.15. The predicted octanol–water partition coefficient (Wildman–Crippen LogP) is 1.89. The van der Waals surface area contributed by atoms with Crippen molar-refractivity contribution in [3.63, 3.8) is 0 Å². The van der Waals surface area contributed by atoms with Gasteiger partial charge in [0.15, 0.2) is 0 Å². The molecule has 19 heavy (non-hydrogen) atoms. The lowest BCUT2D eigenvalue weighted by molar-refractivity contribution is 0.595. The lowest BCUT2D eigenvalue weighted by atomic mass is 10.3. The molecular weight excluding hydrogens is 269 g/mol. The molecule has 0 saturated heterocycles. The van der Waals surface area contributed by atoms with Crippen LogP contribution < -0.4 is 4.72 Å². The molecule has 1 aromatic heterocycles. The Labute approximate surface area is 109 Å². The number of benzene rings is 1. The molecule has 1 aromatic carbocycles. The Morgan fingerprint density at radius 2 is 2.05 bits per heavy atom. The van der Waals surface area contributed by atoms with Gasteiger partial charge in [0, 0.05) is 6.20 Å². The Kier molecular flexibility index (Phi) is 3.44. The number of nitrogens with one attached hydrogen (secondary N) is 1. The largest absolute Gasteiger partial charge is 0.263 e. The van der Waals surface area contributed by atoms with Crippen LogP contribution in [0.3, 0.4) is 0 Å². The van der Waals surface area contributed by atoms with Gasteiger partial charge >= 0.3 is 0 Å². The van der Waals surface area contributed by atoms with Gasteiger partial charge in [0.1, 0.15) is 11.6 Å². The minimum Gasteiger partial charge on any atom is -0.263 e. The second-order valence-electron chi connectivity index (χ2n) is 3.60. The number of hydrogen-bond donors (Lipinski definition) is 1. The van der Waals surface area contributed by atoms with Crippen molar-refractivity contribution in [3.05, 3.63) is 54.0 Å². The van der Waals surface area contributed by atoms with Gasteiger partial charge < -0.3 is 0 Å². The molecule has 0 spiro atoms. The summed E-state index contributed by atoms with van der Waals surface area (Å²) in [5.74, 6) is -0.648. The number of sulfonamides is 1. The molecular formula is C12H8FN3O2S. The Morgan fingerprint density at radius 3 is 2.74 bits per heavy atom. The fourth-order valence-corrected chi connectivity index (χ4v) is 2.42. The van der Waals surface area contributed by atoms with Crippen molar-refractivity contribution < 1.29 is 12.8 Å². The van der Waals surface area contributed by atoms with E-state index in [2.05, 4.69) is 9.71 Å². The van der Waals surface area contributed by atoms with Gasteiger partial charge in [-0.05, 0) is 30.3 Å². The van der Waals surface area contributed by atoms with Gasteiger partial charge in [-0.1, -0.05) is 6.07 Å². The van der Waals surface area contributed by atoms with Gasteiger partial charge in [0.2, 0.25) is 0 Å². The van der Waals surface area contributed by atoms with E-state index in [0.717, 1.165) is 12.1 Å². The van der Waals surface area contributed by atoms with Crippen LogP contribution in [0.1, 0.15) is 5.56 Å². The maximum absolute atomic E-state index is 13.0. The standard InChI is InChI=1S/C12H8FN3O2S/c13-10-2-1-3-11(7-10)19(17,18)16-12-6-9(8-14)4-5-15-12/h1-7H,(H,15,16). The molecule has 5 nitrogen and oxygen atoms in total. The zero-order valence-corrected chi connectivity index (χ0v) is 10.4. The third kappa shape index (κ3) is 3.05. The van der Waals surface area contributed by atoms with E-state index in [9.17, 15) is 12.8 Å². The third-order valence-electron chi connectivity index (χ3n) is 2.23. The summed E-state index contributed by atoms with van der Waals surface area (Å²) in [6.07, 6.45) is 1.31. The van der Waals surface area contributed by atoms with Crippen molar-refractivity contribution in [1.82, 2.24) is 4.98 Å². The van der Waals surface area contributed by atoms with Gasteiger partial charge in [-0.15, -0.1) is 0 Å². The first kappa shape index (κ1) is 13.0. The van der Waals surface area contributed by atoms with E-state index in [-0.39, 0.29) is 16.3 Å². The summed E-state index contributed by atoms with van der Waals surface area (Å²) in [6.45, 7) is 0. The Hall–Kier alpha value is -2.46. The summed E-state index contributed by atoms with van der Waals surface area (Å²) < 4.78 is 39.1. The van der Waals surface area contributed by atoms with Crippen LogP contribution in [-0.4, -0.2) is 13.4 Å². The molecule has 0 aliphatic rings. The minimum absolute atomic E-state index is 0.00307. The van der Waals surface area contributed by atoms with Gasteiger partial charge in [0.25, 0.3) is 10.0 Å². The first-order chi connectivity index (χ1) is 9.01. The summed E-state index contributed by atoms with van der Waals surface area (Å²) in [6, 6.07) is 9.20. The van der Waals surface area contributed by atoms with Crippen LogP contribution in [0.15, 0.2) is 47.5 Å². The molecule has 2 rings (SSSR count). The fourth-order valence-electron chi connectivity index (χ4n) is 1.39. The van der Waals surface area contributed by atoms with Gasteiger partial charge in [-0.2, -0.15) is 5.26 Å². The van der Waals surface area contributed by atoms with E-state index in [0.29, 0.717) is 0 Å². The number of nitriles is 1. The number of anilines is 1. The molecule has 0 amide bonds. The lowest BCUT2D eigenvalue weighted by Crippen LogP contribution is -2.14. The number of nitrogens with zero attached hydrogens (tertiary/aromatic N) is 2. The minimum atomic E-state index is -3.92. The summed E-state index contributed by atoms with van der Waals surface area (Å²) >= 11 is 0. The number of rotatable bonds is 3. The quantitative estimate of drug-likeness (QED) is 0.928. The van der Waals surface area contributed by atoms with Crippen LogP contribution in [0.25, 0.3) is 0 Å². The maximum Gasteiger partial charge on any atom is 0.263 e. The summed E-state index contributed by atoms with van der Waals surface area (Å²) in [7, 11) is -3.92. The van der Waals surface area contributed by atoms with Crippen LogP contribution in [0.5, 0.6) is 0 Å². The second-order valence-corrected chi connectivity index (χ2v) is 5.29. The molecule has 1 heterocycles. The average molecular weight is 277 g/mol. The molecule has 1 N–H and O–H groups in total. The molecule has 96 valence electrons. The lowest BCUT2D eigenvalue weighted by Gasteiger charge is -2.07. The van der Waals surface area contributed by atoms with Crippen LogP contribution in [0.2, 0.25) is 0 Å². The van der Waals surface area contributed by atoms with Gasteiger partial charge in [-0.25, -0.2) is 17.8 Å². The van der Waals surface area contributed by atoms with Crippen LogP contribution >= 0.6 is 0 Å². The Bertz CT molecular complexity index is 754. The van der Waals surface area contributed by atoms with Crippen molar-refractivity contribution >= 4 is 15.8 Å². The second kappa shape index (κ2) is 5.04. The highest BCUT2D eigenvalue weighted by Crippen LogP contribution is 2.15. The molecule has 7 heteroatoms. The van der Waals surface area contributed by atoms with E-state index in [1.165, 1.54) is 30.5 Å². The topological polar surface area (TPSA) is 82.8 Å². The molecule has 0 saturated carbocycles. The van der Waals surface area contributed by atoms with Crippen LogP contribution in [-0.2, 0) is 10.0 Å². The first-order valence-electron chi connectivity index (χ1n) is 5.16. The normalized spacial score (nSPS) is 10.7. The van der Waals surface area contributed by atoms with E-state index < -0.39 is 15.8 Å². The third-order valence-corrected chi connectivity index (χ3v) is 3.59. The SMILES string of the molecule is N#Cc1ccnc(NS(=O)(=O)c2cccc(F)c2)c1. The Morgan fingerprint density at radius 1 is 1.26 bits per heavy atom. The Balaban J connectivity index is 2.34. The molecule has 0 bridgehead atoms. The van der Waals surface area contributed by atoms with Crippen molar-refractivity contribution in [1.29, 1.82) is 5.26 Å². The van der Waals surface area contributed by atoms with Gasteiger partial charge in [-0.3, -0.25) is 4.72 Å².